The van der Waals surface area contributed by atoms with Crippen molar-refractivity contribution in [2.24, 2.45) is 4.99 Å². The average Bonchev–Trinajstić information content (AvgIpc) is 2.26. The Morgan fingerprint density at radius 2 is 2.27 bits per heavy atom. The van der Waals surface area contributed by atoms with Gasteiger partial charge in [0, 0.05) is 18.1 Å². The summed E-state index contributed by atoms with van der Waals surface area (Å²) in [5, 5.41) is 0. The molecule has 1 aromatic carbocycles. The zero-order chi connectivity index (χ0) is 11.3. The fourth-order valence-electron chi connectivity index (χ4n) is 1.22. The van der Waals surface area contributed by atoms with Crippen LogP contribution < -0.4 is 4.90 Å². The van der Waals surface area contributed by atoms with Crippen molar-refractivity contribution >= 4 is 39.8 Å². The minimum atomic E-state index is 0.676. The van der Waals surface area contributed by atoms with Crippen LogP contribution in [0.3, 0.4) is 0 Å². The first-order chi connectivity index (χ1) is 7.20. The maximum absolute atomic E-state index is 10.3. The van der Waals surface area contributed by atoms with E-state index in [1.54, 1.807) is 0 Å². The minimum Gasteiger partial charge on any atom is -0.373 e. The van der Waals surface area contributed by atoms with Gasteiger partial charge in [-0.1, -0.05) is 6.07 Å². The fraction of sp³-hybridized carbons (Fsp3) is 0.273. The summed E-state index contributed by atoms with van der Waals surface area (Å²) < 4.78 is 0.887. The van der Waals surface area contributed by atoms with Crippen molar-refractivity contribution in [3.05, 3.63) is 22.7 Å². The third-order valence-corrected chi connectivity index (χ3v) is 2.76. The maximum Gasteiger partial charge on any atom is 0.161 e. The molecule has 0 N–H and O–H groups in total. The van der Waals surface area contributed by atoms with E-state index in [0.29, 0.717) is 6.29 Å². The van der Waals surface area contributed by atoms with Crippen LogP contribution in [0, 0.1) is 0 Å². The standard InChI is InChI=1S/C11H13BrN2O/c1-3-14(2)10-6-4-5-9(12)11(10)13-7-8-15/h4-8H,3H2,1-2H3. The Morgan fingerprint density at radius 1 is 1.53 bits per heavy atom. The lowest BCUT2D eigenvalue weighted by Crippen LogP contribution is -2.15. The lowest BCUT2D eigenvalue weighted by atomic mass is 10.2. The number of rotatable bonds is 4. The Balaban J connectivity index is 3.19. The third kappa shape index (κ3) is 2.89. The zero-order valence-corrected chi connectivity index (χ0v) is 10.4. The van der Waals surface area contributed by atoms with Crippen LogP contribution in [0.4, 0.5) is 11.4 Å². The van der Waals surface area contributed by atoms with Gasteiger partial charge in [-0.3, -0.25) is 9.79 Å². The van der Waals surface area contributed by atoms with Gasteiger partial charge in [0.15, 0.2) is 6.29 Å². The summed E-state index contributed by atoms with van der Waals surface area (Å²) in [6.07, 6.45) is 1.93. The molecule has 1 aromatic rings. The fourth-order valence-corrected chi connectivity index (χ4v) is 1.67. The normalized spacial score (nSPS) is 10.6. The molecule has 0 amide bonds. The van der Waals surface area contributed by atoms with Crippen LogP contribution in [0.2, 0.25) is 0 Å². The molecule has 0 spiro atoms. The number of benzene rings is 1. The van der Waals surface area contributed by atoms with E-state index in [4.69, 9.17) is 0 Å². The van der Waals surface area contributed by atoms with Gasteiger partial charge in [-0.05, 0) is 35.0 Å². The molecule has 0 aromatic heterocycles. The topological polar surface area (TPSA) is 32.7 Å². The molecular weight excluding hydrogens is 256 g/mol. The van der Waals surface area contributed by atoms with Crippen LogP contribution in [-0.2, 0) is 4.79 Å². The molecule has 0 aliphatic rings. The summed E-state index contributed by atoms with van der Waals surface area (Å²) in [7, 11) is 1.99. The van der Waals surface area contributed by atoms with E-state index in [0.717, 1.165) is 22.4 Å². The quantitative estimate of drug-likeness (QED) is 0.622. The second-order valence-electron chi connectivity index (χ2n) is 3.04. The molecule has 0 atom stereocenters. The molecule has 0 bridgehead atoms. The van der Waals surface area contributed by atoms with Gasteiger partial charge in [0.05, 0.1) is 11.9 Å². The van der Waals surface area contributed by atoms with Gasteiger partial charge < -0.3 is 4.90 Å². The molecule has 4 heteroatoms. The first-order valence-electron chi connectivity index (χ1n) is 4.68. The van der Waals surface area contributed by atoms with Gasteiger partial charge in [0.1, 0.15) is 5.69 Å². The molecule has 0 radical (unpaired) electrons. The molecule has 0 saturated heterocycles. The van der Waals surface area contributed by atoms with E-state index in [1.165, 1.54) is 6.21 Å². The highest BCUT2D eigenvalue weighted by Crippen LogP contribution is 2.34. The number of nitrogens with zero attached hydrogens (tertiary/aromatic N) is 2. The Bertz CT molecular complexity index is 377. The minimum absolute atomic E-state index is 0.676. The number of hydrogen-bond donors (Lipinski definition) is 0. The molecule has 0 unspecified atom stereocenters. The van der Waals surface area contributed by atoms with Crippen molar-refractivity contribution in [2.45, 2.75) is 6.92 Å². The van der Waals surface area contributed by atoms with Crippen molar-refractivity contribution in [1.29, 1.82) is 0 Å². The monoisotopic (exact) mass is 268 g/mol. The molecule has 80 valence electrons. The van der Waals surface area contributed by atoms with Crippen LogP contribution in [-0.4, -0.2) is 26.1 Å². The summed E-state index contributed by atoms with van der Waals surface area (Å²) in [6.45, 7) is 2.95. The predicted octanol–water partition coefficient (Wildman–Crippen LogP) is 2.81. The molecule has 3 nitrogen and oxygen atoms in total. The summed E-state index contributed by atoms with van der Waals surface area (Å²) >= 11 is 3.42. The van der Waals surface area contributed by atoms with E-state index in [1.807, 2.05) is 25.2 Å². The van der Waals surface area contributed by atoms with Gasteiger partial charge in [0.2, 0.25) is 0 Å². The highest BCUT2D eigenvalue weighted by Gasteiger charge is 2.07. The first-order valence-corrected chi connectivity index (χ1v) is 5.47. The van der Waals surface area contributed by atoms with Crippen LogP contribution in [0.5, 0.6) is 0 Å². The van der Waals surface area contributed by atoms with E-state index >= 15 is 0 Å². The highest BCUT2D eigenvalue weighted by molar-refractivity contribution is 9.10. The molecule has 0 aliphatic heterocycles. The number of aliphatic imine (C=N–C) groups is 1. The van der Waals surface area contributed by atoms with Crippen molar-refractivity contribution in [3.8, 4) is 0 Å². The lowest BCUT2D eigenvalue weighted by Gasteiger charge is -2.19. The average molecular weight is 269 g/mol. The smallest absolute Gasteiger partial charge is 0.161 e. The van der Waals surface area contributed by atoms with Gasteiger partial charge in [-0.2, -0.15) is 0 Å². The zero-order valence-electron chi connectivity index (χ0n) is 8.77. The second-order valence-corrected chi connectivity index (χ2v) is 3.89. The highest BCUT2D eigenvalue weighted by atomic mass is 79.9. The van der Waals surface area contributed by atoms with Crippen LogP contribution in [0.15, 0.2) is 27.7 Å². The number of para-hydroxylation sites is 1. The number of hydrogen-bond acceptors (Lipinski definition) is 3. The molecule has 0 saturated carbocycles. The molecule has 15 heavy (non-hydrogen) atoms. The molecule has 0 heterocycles. The molecule has 0 fully saturated rings. The van der Waals surface area contributed by atoms with Gasteiger partial charge in [0.25, 0.3) is 0 Å². The molecule has 1 rings (SSSR count). The lowest BCUT2D eigenvalue weighted by molar-refractivity contribution is -0.102. The van der Waals surface area contributed by atoms with Crippen LogP contribution >= 0.6 is 15.9 Å². The van der Waals surface area contributed by atoms with Gasteiger partial charge in [-0.25, -0.2) is 0 Å². The van der Waals surface area contributed by atoms with Crippen molar-refractivity contribution in [2.75, 3.05) is 18.5 Å². The largest absolute Gasteiger partial charge is 0.373 e. The van der Waals surface area contributed by atoms with Gasteiger partial charge in [-0.15, -0.1) is 0 Å². The predicted molar refractivity (Wildman–Crippen MR) is 67.3 cm³/mol. The van der Waals surface area contributed by atoms with Crippen molar-refractivity contribution < 1.29 is 4.79 Å². The first kappa shape index (κ1) is 11.9. The Morgan fingerprint density at radius 3 is 2.87 bits per heavy atom. The molecule has 0 aliphatic carbocycles. The maximum atomic E-state index is 10.3. The van der Waals surface area contributed by atoms with E-state index in [2.05, 4.69) is 32.7 Å². The number of aldehydes is 1. The number of halogens is 1. The molecular formula is C11H13BrN2O. The third-order valence-electron chi connectivity index (χ3n) is 2.12. The number of carbonyl (C=O) groups is 1. The van der Waals surface area contributed by atoms with Gasteiger partial charge >= 0.3 is 0 Å². The van der Waals surface area contributed by atoms with Crippen molar-refractivity contribution in [1.82, 2.24) is 0 Å². The Kier molecular flexibility index (Phi) is 4.49. The summed E-state index contributed by atoms with van der Waals surface area (Å²) in [5.74, 6) is 0. The Hall–Kier alpha value is -1.16. The summed E-state index contributed by atoms with van der Waals surface area (Å²) in [6, 6.07) is 5.84. The summed E-state index contributed by atoms with van der Waals surface area (Å²) in [4.78, 5) is 16.4. The second kappa shape index (κ2) is 5.66. The van der Waals surface area contributed by atoms with E-state index in [-0.39, 0.29) is 0 Å². The number of anilines is 1. The Labute approximate surface area is 97.9 Å². The summed E-state index contributed by atoms with van der Waals surface area (Å²) in [5.41, 5.74) is 1.79. The van der Waals surface area contributed by atoms with Crippen LogP contribution in [0.25, 0.3) is 0 Å². The van der Waals surface area contributed by atoms with E-state index in [9.17, 15) is 4.79 Å². The van der Waals surface area contributed by atoms with Crippen molar-refractivity contribution in [3.63, 3.8) is 0 Å². The van der Waals surface area contributed by atoms with E-state index < -0.39 is 0 Å². The van der Waals surface area contributed by atoms with Crippen LogP contribution in [0.1, 0.15) is 6.92 Å². The SMILES string of the molecule is CCN(C)c1cccc(Br)c1N=CC=O. The number of carbonyl (C=O) groups excluding carboxylic acids is 1.